The van der Waals surface area contributed by atoms with Crippen LogP contribution >= 0.6 is 0 Å². The van der Waals surface area contributed by atoms with E-state index in [1.165, 1.54) is 0 Å². The molecule has 2 rings (SSSR count). The molecule has 0 bridgehead atoms. The third kappa shape index (κ3) is 4.20. The van der Waals surface area contributed by atoms with E-state index in [1.54, 1.807) is 0 Å². The van der Waals surface area contributed by atoms with Gasteiger partial charge in [0.25, 0.3) is 0 Å². The Balaban J connectivity index is 2.16. The Morgan fingerprint density at radius 2 is 2.00 bits per heavy atom. The van der Waals surface area contributed by atoms with Gasteiger partial charge in [0, 0.05) is 13.1 Å². The van der Waals surface area contributed by atoms with Crippen molar-refractivity contribution < 1.29 is 30.8 Å². The minimum absolute atomic E-state index is 0.0190. The Hall–Kier alpha value is -1.68. The lowest BCUT2D eigenvalue weighted by atomic mass is 9.98. The fourth-order valence-corrected chi connectivity index (χ4v) is 3.42. The van der Waals surface area contributed by atoms with E-state index < -0.39 is 33.8 Å². The van der Waals surface area contributed by atoms with Gasteiger partial charge in [-0.2, -0.15) is 13.2 Å². The van der Waals surface area contributed by atoms with E-state index in [1.807, 2.05) is 0 Å². The van der Waals surface area contributed by atoms with Crippen LogP contribution in [0.2, 0.25) is 0 Å². The molecule has 1 heterocycles. The lowest BCUT2D eigenvalue weighted by Crippen LogP contribution is -2.39. The molecule has 0 unspecified atom stereocenters. The number of halogens is 4. The monoisotopic (exact) mass is 354 g/mol. The Labute approximate surface area is 130 Å². The van der Waals surface area contributed by atoms with E-state index in [9.17, 15) is 30.8 Å². The number of hydrogen-bond acceptors (Lipinski definition) is 3. The van der Waals surface area contributed by atoms with E-state index in [4.69, 9.17) is 5.14 Å². The van der Waals surface area contributed by atoms with Gasteiger partial charge in [0.2, 0.25) is 10.0 Å². The summed E-state index contributed by atoms with van der Waals surface area (Å²) in [4.78, 5) is 11.6. The van der Waals surface area contributed by atoms with Crippen molar-refractivity contribution in [2.24, 2.45) is 11.1 Å². The van der Waals surface area contributed by atoms with Crippen LogP contribution in [0.4, 0.5) is 17.6 Å². The number of benzene rings is 1. The number of sulfonamides is 1. The summed E-state index contributed by atoms with van der Waals surface area (Å²) in [5, 5.41) is 5.05. The normalized spacial score (nSPS) is 19.2. The van der Waals surface area contributed by atoms with Crippen molar-refractivity contribution in [2.45, 2.75) is 23.9 Å². The Morgan fingerprint density at radius 3 is 2.57 bits per heavy atom. The van der Waals surface area contributed by atoms with E-state index in [-0.39, 0.29) is 36.4 Å². The van der Waals surface area contributed by atoms with Crippen molar-refractivity contribution in [3.63, 3.8) is 0 Å². The maximum atomic E-state index is 13.3. The maximum Gasteiger partial charge on any atom is 0.471 e. The number of likely N-dealkylation sites (tertiary alicyclic amines) is 1. The fraction of sp³-hybridized carbons (Fsp3) is 0.462. The van der Waals surface area contributed by atoms with Crippen molar-refractivity contribution in [3.8, 4) is 0 Å². The zero-order valence-electron chi connectivity index (χ0n) is 11.8. The number of primary sulfonamides is 1. The summed E-state index contributed by atoms with van der Waals surface area (Å²) in [6.07, 6.45) is -4.66. The summed E-state index contributed by atoms with van der Waals surface area (Å²) in [7, 11) is -4.07. The molecule has 0 aromatic heterocycles. The first-order valence-corrected chi connectivity index (χ1v) is 8.20. The van der Waals surface area contributed by atoms with Crippen LogP contribution in [0.1, 0.15) is 12.0 Å². The molecule has 0 spiro atoms. The van der Waals surface area contributed by atoms with Crippen LogP contribution in [0.5, 0.6) is 0 Å². The number of carbonyl (C=O) groups is 1. The number of rotatable bonds is 3. The number of carbonyl (C=O) groups excluding carboxylic acids is 1. The van der Waals surface area contributed by atoms with Crippen molar-refractivity contribution in [3.05, 3.63) is 29.6 Å². The highest BCUT2D eigenvalue weighted by Gasteiger charge is 2.44. The lowest BCUT2D eigenvalue weighted by molar-refractivity contribution is -0.184. The Bertz CT molecular complexity index is 718. The predicted molar refractivity (Wildman–Crippen MR) is 72.2 cm³/mol. The van der Waals surface area contributed by atoms with Gasteiger partial charge >= 0.3 is 12.1 Å². The molecule has 1 aromatic carbocycles. The highest BCUT2D eigenvalue weighted by atomic mass is 32.2. The SMILES string of the molecule is NS(=O)(=O)c1ccc(F)cc1C[C@H]1CCN(C(=O)C(F)(F)F)C1. The van der Waals surface area contributed by atoms with Crippen LogP contribution in [0, 0.1) is 11.7 Å². The maximum absolute atomic E-state index is 13.3. The molecule has 1 amide bonds. The van der Waals surface area contributed by atoms with Crippen LogP contribution < -0.4 is 5.14 Å². The molecule has 10 heteroatoms. The van der Waals surface area contributed by atoms with Gasteiger partial charge in [0.1, 0.15) is 5.82 Å². The summed E-state index contributed by atoms with van der Waals surface area (Å²) in [6.45, 7) is -0.248. The van der Waals surface area contributed by atoms with E-state index in [0.717, 1.165) is 18.2 Å². The topological polar surface area (TPSA) is 80.5 Å². The quantitative estimate of drug-likeness (QED) is 0.834. The van der Waals surface area contributed by atoms with Crippen LogP contribution in [0.3, 0.4) is 0 Å². The first kappa shape index (κ1) is 17.7. The summed E-state index contributed by atoms with van der Waals surface area (Å²) in [6, 6.07) is 2.96. The lowest BCUT2D eigenvalue weighted by Gasteiger charge is -2.18. The number of amides is 1. The van der Waals surface area contributed by atoms with Crippen LogP contribution in [0.25, 0.3) is 0 Å². The Kier molecular flexibility index (Phi) is 4.67. The van der Waals surface area contributed by atoms with Crippen LogP contribution in [-0.2, 0) is 21.2 Å². The molecule has 1 aliphatic rings. The molecule has 128 valence electrons. The minimum atomic E-state index is -4.94. The molecule has 1 aliphatic heterocycles. The number of nitrogens with two attached hydrogens (primary N) is 1. The van der Waals surface area contributed by atoms with Gasteiger partial charge in [-0.25, -0.2) is 17.9 Å². The molecule has 1 aromatic rings. The van der Waals surface area contributed by atoms with Gasteiger partial charge in [-0.1, -0.05) is 0 Å². The summed E-state index contributed by atoms with van der Waals surface area (Å²) in [5.74, 6) is -3.00. The average molecular weight is 354 g/mol. The van der Waals surface area contributed by atoms with Crippen molar-refractivity contribution in [1.29, 1.82) is 0 Å². The predicted octanol–water partition coefficient (Wildman–Crippen LogP) is 1.43. The van der Waals surface area contributed by atoms with Gasteiger partial charge in [-0.3, -0.25) is 4.79 Å². The van der Waals surface area contributed by atoms with Crippen molar-refractivity contribution >= 4 is 15.9 Å². The second kappa shape index (κ2) is 6.08. The molecule has 23 heavy (non-hydrogen) atoms. The molecule has 0 aliphatic carbocycles. The van der Waals surface area contributed by atoms with Crippen molar-refractivity contribution in [1.82, 2.24) is 4.90 Å². The van der Waals surface area contributed by atoms with Crippen molar-refractivity contribution in [2.75, 3.05) is 13.1 Å². The van der Waals surface area contributed by atoms with Crippen LogP contribution in [0.15, 0.2) is 23.1 Å². The van der Waals surface area contributed by atoms with Gasteiger partial charge < -0.3 is 4.90 Å². The second-order valence-corrected chi connectivity index (χ2v) is 6.93. The summed E-state index contributed by atoms with van der Waals surface area (Å²) in [5.41, 5.74) is 0.0961. The fourth-order valence-electron chi connectivity index (χ4n) is 2.66. The summed E-state index contributed by atoms with van der Waals surface area (Å²) < 4.78 is 73.5. The van der Waals surface area contributed by atoms with Gasteiger partial charge in [0.15, 0.2) is 0 Å². The zero-order chi connectivity index (χ0) is 17.4. The van der Waals surface area contributed by atoms with Crippen LogP contribution in [-0.4, -0.2) is 38.5 Å². The largest absolute Gasteiger partial charge is 0.471 e. The second-order valence-electron chi connectivity index (χ2n) is 5.40. The molecule has 1 fully saturated rings. The highest BCUT2D eigenvalue weighted by Crippen LogP contribution is 2.28. The van der Waals surface area contributed by atoms with E-state index >= 15 is 0 Å². The van der Waals surface area contributed by atoms with E-state index in [2.05, 4.69) is 0 Å². The van der Waals surface area contributed by atoms with E-state index in [0.29, 0.717) is 4.90 Å². The van der Waals surface area contributed by atoms with Gasteiger partial charge in [-0.05, 0) is 42.5 Å². The first-order chi connectivity index (χ1) is 10.5. The Morgan fingerprint density at radius 1 is 1.35 bits per heavy atom. The molecular formula is C13H14F4N2O3S. The molecule has 1 saturated heterocycles. The third-order valence-corrected chi connectivity index (χ3v) is 4.66. The first-order valence-electron chi connectivity index (χ1n) is 6.66. The molecular weight excluding hydrogens is 340 g/mol. The molecule has 5 nitrogen and oxygen atoms in total. The standard InChI is InChI=1S/C13H14F4N2O3S/c14-10-1-2-11(23(18,21)22)9(6-10)5-8-3-4-19(7-8)12(20)13(15,16)17/h1-2,6,8H,3-5,7H2,(H2,18,21,22)/t8-/m1/s1. The third-order valence-electron chi connectivity index (χ3n) is 3.65. The van der Waals surface area contributed by atoms with Gasteiger partial charge in [-0.15, -0.1) is 0 Å². The average Bonchev–Trinajstić information content (AvgIpc) is 2.83. The zero-order valence-corrected chi connectivity index (χ0v) is 12.6. The molecule has 0 radical (unpaired) electrons. The number of nitrogens with zero attached hydrogens (tertiary/aromatic N) is 1. The minimum Gasteiger partial charge on any atom is -0.335 e. The van der Waals surface area contributed by atoms with Gasteiger partial charge in [0.05, 0.1) is 4.90 Å². The number of alkyl halides is 3. The molecule has 1 atom stereocenters. The number of hydrogen-bond donors (Lipinski definition) is 1. The summed E-state index contributed by atoms with van der Waals surface area (Å²) >= 11 is 0. The highest BCUT2D eigenvalue weighted by molar-refractivity contribution is 7.89. The smallest absolute Gasteiger partial charge is 0.335 e. The molecule has 0 saturated carbocycles. The molecule has 2 N–H and O–H groups in total.